The quantitative estimate of drug-likeness (QED) is 0.538. The van der Waals surface area contributed by atoms with Crippen molar-refractivity contribution in [3.05, 3.63) is 60.2 Å². The number of carbonyl (C=O) groups excluding carboxylic acids is 1. The fraction of sp³-hybridized carbons (Fsp3) is 0.143. The molecule has 28 heavy (non-hydrogen) atoms. The van der Waals surface area contributed by atoms with Crippen molar-refractivity contribution in [2.24, 2.45) is 0 Å². The second-order valence-electron chi connectivity index (χ2n) is 6.43. The van der Waals surface area contributed by atoms with E-state index in [1.807, 2.05) is 36.4 Å². The SMILES string of the molecule is O=C(NCc1cccc2ccccc12)Nc1nc2cc3c(cc2s1)OCCO3. The number of hydrogen-bond donors (Lipinski definition) is 2. The molecule has 2 amide bonds. The summed E-state index contributed by atoms with van der Waals surface area (Å²) in [4.78, 5) is 16.8. The molecular weight excluding hydrogens is 374 g/mol. The maximum Gasteiger partial charge on any atom is 0.321 e. The molecule has 0 radical (unpaired) electrons. The first kappa shape index (κ1) is 16.8. The van der Waals surface area contributed by atoms with Crippen molar-refractivity contribution in [3.8, 4) is 11.5 Å². The van der Waals surface area contributed by atoms with Gasteiger partial charge in [0.05, 0.1) is 10.2 Å². The molecule has 1 aliphatic heterocycles. The van der Waals surface area contributed by atoms with E-state index >= 15 is 0 Å². The van der Waals surface area contributed by atoms with Crippen LogP contribution in [0, 0.1) is 0 Å². The number of nitrogens with one attached hydrogen (secondary N) is 2. The Bertz CT molecular complexity index is 1140. The summed E-state index contributed by atoms with van der Waals surface area (Å²) in [6.45, 7) is 1.51. The van der Waals surface area contributed by atoms with Crippen LogP contribution in [0.4, 0.5) is 9.93 Å². The molecule has 0 spiro atoms. The van der Waals surface area contributed by atoms with Crippen LogP contribution in [-0.4, -0.2) is 24.2 Å². The van der Waals surface area contributed by atoms with Gasteiger partial charge in [-0.05, 0) is 16.3 Å². The first-order chi connectivity index (χ1) is 13.8. The molecule has 3 aromatic carbocycles. The van der Waals surface area contributed by atoms with Crippen molar-refractivity contribution in [2.45, 2.75) is 6.54 Å². The zero-order chi connectivity index (χ0) is 18.9. The van der Waals surface area contributed by atoms with E-state index in [1.165, 1.54) is 11.3 Å². The van der Waals surface area contributed by atoms with Crippen LogP contribution in [0.15, 0.2) is 54.6 Å². The monoisotopic (exact) mass is 391 g/mol. The average molecular weight is 391 g/mol. The largest absolute Gasteiger partial charge is 0.486 e. The van der Waals surface area contributed by atoms with Crippen molar-refractivity contribution in [3.63, 3.8) is 0 Å². The summed E-state index contributed by atoms with van der Waals surface area (Å²) >= 11 is 1.40. The van der Waals surface area contributed by atoms with Gasteiger partial charge in [-0.1, -0.05) is 53.8 Å². The number of aromatic nitrogens is 1. The van der Waals surface area contributed by atoms with E-state index in [2.05, 4.69) is 33.8 Å². The summed E-state index contributed by atoms with van der Waals surface area (Å²) in [5, 5.41) is 8.55. The highest BCUT2D eigenvalue weighted by Gasteiger charge is 2.16. The van der Waals surface area contributed by atoms with Gasteiger partial charge in [-0.15, -0.1) is 0 Å². The summed E-state index contributed by atoms with van der Waals surface area (Å²) < 4.78 is 12.1. The molecule has 6 nitrogen and oxygen atoms in total. The zero-order valence-electron chi connectivity index (χ0n) is 14.9. The fourth-order valence-corrected chi connectivity index (χ4v) is 4.15. The molecule has 1 aliphatic rings. The summed E-state index contributed by atoms with van der Waals surface area (Å²) in [5.74, 6) is 1.41. The lowest BCUT2D eigenvalue weighted by Gasteiger charge is -2.17. The Morgan fingerprint density at radius 2 is 1.82 bits per heavy atom. The molecule has 4 aromatic rings. The summed E-state index contributed by atoms with van der Waals surface area (Å²) in [7, 11) is 0. The van der Waals surface area contributed by atoms with Gasteiger partial charge >= 0.3 is 6.03 Å². The molecule has 0 fully saturated rings. The first-order valence-electron chi connectivity index (χ1n) is 8.98. The molecule has 0 saturated carbocycles. The minimum Gasteiger partial charge on any atom is -0.486 e. The van der Waals surface area contributed by atoms with E-state index in [0.717, 1.165) is 26.6 Å². The van der Waals surface area contributed by atoms with Crippen molar-refractivity contribution in [1.82, 2.24) is 10.3 Å². The number of ether oxygens (including phenoxy) is 2. The third kappa shape index (κ3) is 3.20. The molecule has 140 valence electrons. The van der Waals surface area contributed by atoms with E-state index in [1.54, 1.807) is 0 Å². The Hall–Kier alpha value is -3.32. The Balaban J connectivity index is 1.30. The lowest BCUT2D eigenvalue weighted by molar-refractivity contribution is 0.172. The minimum absolute atomic E-state index is 0.288. The highest BCUT2D eigenvalue weighted by molar-refractivity contribution is 7.22. The van der Waals surface area contributed by atoms with E-state index < -0.39 is 0 Å². The maximum absolute atomic E-state index is 12.3. The minimum atomic E-state index is -0.288. The molecule has 1 aromatic heterocycles. The average Bonchev–Trinajstić information content (AvgIpc) is 3.11. The zero-order valence-corrected chi connectivity index (χ0v) is 15.7. The number of carbonyl (C=O) groups is 1. The van der Waals surface area contributed by atoms with Crippen molar-refractivity contribution in [1.29, 1.82) is 0 Å². The van der Waals surface area contributed by atoms with Crippen LogP contribution in [0.2, 0.25) is 0 Å². The van der Waals surface area contributed by atoms with Crippen LogP contribution in [0.3, 0.4) is 0 Å². The number of anilines is 1. The topological polar surface area (TPSA) is 72.5 Å². The number of nitrogens with zero attached hydrogens (tertiary/aromatic N) is 1. The van der Waals surface area contributed by atoms with Crippen LogP contribution in [0.5, 0.6) is 11.5 Å². The molecule has 2 heterocycles. The van der Waals surface area contributed by atoms with Crippen molar-refractivity contribution >= 4 is 43.5 Å². The van der Waals surface area contributed by atoms with Crippen molar-refractivity contribution < 1.29 is 14.3 Å². The third-order valence-electron chi connectivity index (χ3n) is 4.59. The molecule has 0 atom stereocenters. The molecule has 0 aliphatic carbocycles. The molecule has 5 rings (SSSR count). The van der Waals surface area contributed by atoms with E-state index in [-0.39, 0.29) is 6.03 Å². The van der Waals surface area contributed by atoms with Crippen LogP contribution < -0.4 is 20.1 Å². The van der Waals surface area contributed by atoms with Gasteiger partial charge in [0.25, 0.3) is 0 Å². The number of benzene rings is 3. The maximum atomic E-state index is 12.3. The summed E-state index contributed by atoms with van der Waals surface area (Å²) in [6, 6.07) is 17.7. The molecule has 2 N–H and O–H groups in total. The van der Waals surface area contributed by atoms with Crippen molar-refractivity contribution in [2.75, 3.05) is 18.5 Å². The number of rotatable bonds is 3. The van der Waals surface area contributed by atoms with Gasteiger partial charge in [-0.3, -0.25) is 5.32 Å². The standard InChI is InChI=1S/C21H17N3O3S/c25-20(22-12-14-6-3-5-13-4-1-2-7-15(13)14)24-21-23-16-10-17-18(11-19(16)28-21)27-9-8-26-17/h1-7,10-11H,8-9,12H2,(H2,22,23,24,25). The molecular formula is C21H17N3O3S. The van der Waals surface area contributed by atoms with Gasteiger partial charge in [0, 0.05) is 18.7 Å². The lowest BCUT2D eigenvalue weighted by atomic mass is 10.0. The number of amides is 2. The molecule has 0 saturated heterocycles. The molecule has 0 bridgehead atoms. The van der Waals surface area contributed by atoms with Gasteiger partial charge in [0.2, 0.25) is 0 Å². The number of thiazole rings is 1. The fourth-order valence-electron chi connectivity index (χ4n) is 3.28. The summed E-state index contributed by atoms with van der Waals surface area (Å²) in [5.41, 5.74) is 1.85. The predicted molar refractivity (Wildman–Crippen MR) is 110 cm³/mol. The number of fused-ring (bicyclic) bond motifs is 3. The molecule has 0 unspecified atom stereocenters. The van der Waals surface area contributed by atoms with E-state index in [0.29, 0.717) is 36.4 Å². The Morgan fingerprint density at radius 3 is 2.71 bits per heavy atom. The van der Waals surface area contributed by atoms with Gasteiger partial charge < -0.3 is 14.8 Å². The second kappa shape index (κ2) is 7.01. The summed E-state index contributed by atoms with van der Waals surface area (Å²) in [6.07, 6.45) is 0. The smallest absolute Gasteiger partial charge is 0.321 e. The Labute approximate surface area is 165 Å². The molecule has 7 heteroatoms. The van der Waals surface area contributed by atoms with Crippen LogP contribution >= 0.6 is 11.3 Å². The van der Waals surface area contributed by atoms with Gasteiger partial charge in [0.15, 0.2) is 16.6 Å². The Kier molecular flexibility index (Phi) is 4.21. The van der Waals surface area contributed by atoms with Crippen LogP contribution in [-0.2, 0) is 6.54 Å². The predicted octanol–water partition coefficient (Wildman–Crippen LogP) is 4.54. The normalized spacial score (nSPS) is 12.9. The van der Waals surface area contributed by atoms with E-state index in [9.17, 15) is 4.79 Å². The van der Waals surface area contributed by atoms with Gasteiger partial charge in [-0.25, -0.2) is 9.78 Å². The highest BCUT2D eigenvalue weighted by Crippen LogP contribution is 2.37. The Morgan fingerprint density at radius 1 is 1.04 bits per heavy atom. The number of urea groups is 1. The van der Waals surface area contributed by atoms with Crippen LogP contribution in [0.25, 0.3) is 21.0 Å². The van der Waals surface area contributed by atoms with Gasteiger partial charge in [0.1, 0.15) is 13.2 Å². The highest BCUT2D eigenvalue weighted by atomic mass is 32.1. The third-order valence-corrected chi connectivity index (χ3v) is 5.53. The lowest BCUT2D eigenvalue weighted by Crippen LogP contribution is -2.28. The van der Waals surface area contributed by atoms with E-state index in [4.69, 9.17) is 9.47 Å². The second-order valence-corrected chi connectivity index (χ2v) is 7.46. The van der Waals surface area contributed by atoms with Gasteiger partial charge in [-0.2, -0.15) is 0 Å². The first-order valence-corrected chi connectivity index (χ1v) is 9.79. The van der Waals surface area contributed by atoms with Crippen LogP contribution in [0.1, 0.15) is 5.56 Å². The number of hydrogen-bond acceptors (Lipinski definition) is 5.